The molecule has 0 fully saturated rings. The van der Waals surface area contributed by atoms with E-state index in [9.17, 15) is 18.0 Å². The quantitative estimate of drug-likeness (QED) is 0.748. The van der Waals surface area contributed by atoms with E-state index in [4.69, 9.17) is 0 Å². The molecule has 2 rings (SSSR count). The Morgan fingerprint density at radius 2 is 1.33 bits per heavy atom. The molecular weight excluding hydrogens is 283 g/mol. The molecule has 3 N–H and O–H groups in total. The van der Waals surface area contributed by atoms with Gasteiger partial charge in [-0.15, -0.1) is 0 Å². The standard InChI is InChI=1S/C14H12F3N3O/c15-14(16,17)20-13(21)19-12-8-6-11(7-9-12)18-10-4-2-1-3-5-10/h1-9,18H,(H2,19,20,21). The van der Waals surface area contributed by atoms with Gasteiger partial charge >= 0.3 is 12.3 Å². The van der Waals surface area contributed by atoms with E-state index in [1.807, 2.05) is 30.3 Å². The minimum atomic E-state index is -4.75. The highest BCUT2D eigenvalue weighted by Crippen LogP contribution is 2.19. The van der Waals surface area contributed by atoms with Gasteiger partial charge in [0.15, 0.2) is 0 Å². The van der Waals surface area contributed by atoms with E-state index in [-0.39, 0.29) is 5.69 Å². The van der Waals surface area contributed by atoms with Crippen LogP contribution in [0.1, 0.15) is 0 Å². The normalized spacial score (nSPS) is 10.8. The molecule has 0 heterocycles. The lowest BCUT2D eigenvalue weighted by Gasteiger charge is -2.11. The maximum atomic E-state index is 11.9. The Bertz CT molecular complexity index is 597. The van der Waals surface area contributed by atoms with Gasteiger partial charge in [-0.25, -0.2) is 10.1 Å². The van der Waals surface area contributed by atoms with E-state index in [0.29, 0.717) is 0 Å². The summed E-state index contributed by atoms with van der Waals surface area (Å²) in [5.41, 5.74) is 1.89. The van der Waals surface area contributed by atoms with Gasteiger partial charge in [0.1, 0.15) is 0 Å². The number of anilines is 3. The van der Waals surface area contributed by atoms with Crippen LogP contribution in [0.3, 0.4) is 0 Å². The molecule has 0 bridgehead atoms. The zero-order valence-electron chi connectivity index (χ0n) is 10.7. The van der Waals surface area contributed by atoms with Crippen molar-refractivity contribution in [3.8, 4) is 0 Å². The van der Waals surface area contributed by atoms with E-state index in [1.165, 1.54) is 12.1 Å². The third kappa shape index (κ3) is 5.06. The summed E-state index contributed by atoms with van der Waals surface area (Å²) in [6.07, 6.45) is -4.75. The van der Waals surface area contributed by atoms with Crippen LogP contribution in [-0.4, -0.2) is 12.3 Å². The topological polar surface area (TPSA) is 53.2 Å². The highest BCUT2D eigenvalue weighted by Gasteiger charge is 2.29. The van der Waals surface area contributed by atoms with E-state index in [0.717, 1.165) is 16.7 Å². The Hall–Kier alpha value is -2.70. The van der Waals surface area contributed by atoms with Gasteiger partial charge in [0, 0.05) is 17.1 Å². The molecule has 0 radical (unpaired) electrons. The van der Waals surface area contributed by atoms with Crippen molar-refractivity contribution in [2.24, 2.45) is 0 Å². The van der Waals surface area contributed by atoms with E-state index in [2.05, 4.69) is 10.6 Å². The molecule has 0 atom stereocenters. The summed E-state index contributed by atoms with van der Waals surface area (Å²) >= 11 is 0. The molecule has 0 aliphatic rings. The predicted octanol–water partition coefficient (Wildman–Crippen LogP) is 4.07. The van der Waals surface area contributed by atoms with E-state index < -0.39 is 12.3 Å². The molecule has 110 valence electrons. The fourth-order valence-electron chi connectivity index (χ4n) is 1.62. The summed E-state index contributed by atoms with van der Waals surface area (Å²) in [5, 5.41) is 6.06. The lowest BCUT2D eigenvalue weighted by molar-refractivity contribution is -0.144. The molecule has 0 aromatic heterocycles. The first kappa shape index (κ1) is 14.7. The van der Waals surface area contributed by atoms with Gasteiger partial charge < -0.3 is 10.6 Å². The number of para-hydroxylation sites is 1. The summed E-state index contributed by atoms with van der Waals surface area (Å²) in [7, 11) is 0. The van der Waals surface area contributed by atoms with Gasteiger partial charge in [-0.05, 0) is 36.4 Å². The average Bonchev–Trinajstić information content (AvgIpc) is 2.40. The van der Waals surface area contributed by atoms with Crippen molar-refractivity contribution < 1.29 is 18.0 Å². The van der Waals surface area contributed by atoms with Crippen molar-refractivity contribution in [2.75, 3.05) is 10.6 Å². The number of carbonyl (C=O) groups excluding carboxylic acids is 1. The van der Waals surface area contributed by atoms with Crippen LogP contribution < -0.4 is 16.0 Å². The lowest BCUT2D eigenvalue weighted by Crippen LogP contribution is -2.40. The smallest absolute Gasteiger partial charge is 0.356 e. The van der Waals surface area contributed by atoms with Crippen molar-refractivity contribution in [3.05, 3.63) is 54.6 Å². The second-order valence-corrected chi connectivity index (χ2v) is 4.15. The predicted molar refractivity (Wildman–Crippen MR) is 74.4 cm³/mol. The largest absolute Gasteiger partial charge is 0.485 e. The SMILES string of the molecule is O=C(Nc1ccc(Nc2ccccc2)cc1)NC(F)(F)F. The van der Waals surface area contributed by atoms with Crippen molar-refractivity contribution in [2.45, 2.75) is 6.30 Å². The molecule has 0 unspecified atom stereocenters. The van der Waals surface area contributed by atoms with Crippen LogP contribution in [0.25, 0.3) is 0 Å². The number of halogens is 3. The van der Waals surface area contributed by atoms with Gasteiger partial charge in [0.2, 0.25) is 0 Å². The van der Waals surface area contributed by atoms with Crippen LogP contribution in [0.15, 0.2) is 54.6 Å². The van der Waals surface area contributed by atoms with Crippen LogP contribution >= 0.6 is 0 Å². The molecule has 0 spiro atoms. The van der Waals surface area contributed by atoms with E-state index in [1.54, 1.807) is 12.1 Å². The lowest BCUT2D eigenvalue weighted by atomic mass is 10.2. The number of benzene rings is 2. The van der Waals surface area contributed by atoms with E-state index >= 15 is 0 Å². The molecule has 2 aromatic rings. The highest BCUT2D eigenvalue weighted by molar-refractivity contribution is 5.89. The molecule has 0 aliphatic carbocycles. The Morgan fingerprint density at radius 1 is 0.810 bits per heavy atom. The number of urea groups is 1. The van der Waals surface area contributed by atoms with Crippen LogP contribution in [0, 0.1) is 0 Å². The van der Waals surface area contributed by atoms with Crippen molar-refractivity contribution >= 4 is 23.1 Å². The molecule has 0 aliphatic heterocycles. The zero-order valence-corrected chi connectivity index (χ0v) is 10.7. The molecule has 2 aromatic carbocycles. The van der Waals surface area contributed by atoms with Crippen LogP contribution in [0.2, 0.25) is 0 Å². The van der Waals surface area contributed by atoms with Crippen LogP contribution in [0.5, 0.6) is 0 Å². The molecule has 4 nitrogen and oxygen atoms in total. The van der Waals surface area contributed by atoms with Crippen molar-refractivity contribution in [1.29, 1.82) is 0 Å². The summed E-state index contributed by atoms with van der Waals surface area (Å²) < 4.78 is 35.8. The fraction of sp³-hybridized carbons (Fsp3) is 0.0714. The number of hydrogen-bond acceptors (Lipinski definition) is 2. The van der Waals surface area contributed by atoms with Gasteiger partial charge in [-0.2, -0.15) is 13.2 Å². The maximum absolute atomic E-state index is 11.9. The summed E-state index contributed by atoms with van der Waals surface area (Å²) in [4.78, 5) is 11.0. The third-order valence-electron chi connectivity index (χ3n) is 2.46. The molecule has 0 saturated carbocycles. The van der Waals surface area contributed by atoms with Gasteiger partial charge in [-0.3, -0.25) is 0 Å². The maximum Gasteiger partial charge on any atom is 0.485 e. The summed E-state index contributed by atoms with van der Waals surface area (Å²) in [5.74, 6) is 0. The fourth-order valence-corrected chi connectivity index (χ4v) is 1.62. The Morgan fingerprint density at radius 3 is 1.90 bits per heavy atom. The number of rotatable bonds is 3. The Labute approximate surface area is 119 Å². The second kappa shape index (κ2) is 6.17. The molecule has 7 heteroatoms. The average molecular weight is 295 g/mol. The number of carbonyl (C=O) groups is 1. The summed E-state index contributed by atoms with van der Waals surface area (Å²) in [6, 6.07) is 14.4. The number of amides is 2. The number of alkyl halides is 3. The van der Waals surface area contributed by atoms with Crippen molar-refractivity contribution in [3.63, 3.8) is 0 Å². The first-order chi connectivity index (χ1) is 9.92. The van der Waals surface area contributed by atoms with Gasteiger partial charge in [0.25, 0.3) is 0 Å². The van der Waals surface area contributed by atoms with Gasteiger partial charge in [0.05, 0.1) is 0 Å². The van der Waals surface area contributed by atoms with Crippen LogP contribution in [-0.2, 0) is 0 Å². The van der Waals surface area contributed by atoms with Crippen LogP contribution in [0.4, 0.5) is 35.0 Å². The molecule has 0 saturated heterocycles. The number of hydrogen-bond donors (Lipinski definition) is 3. The Balaban J connectivity index is 1.95. The minimum absolute atomic E-state index is 0.260. The molecule has 21 heavy (non-hydrogen) atoms. The monoisotopic (exact) mass is 295 g/mol. The molecular formula is C14H12F3N3O. The van der Waals surface area contributed by atoms with Gasteiger partial charge in [-0.1, -0.05) is 18.2 Å². The zero-order chi connectivity index (χ0) is 15.3. The molecule has 2 amide bonds. The highest BCUT2D eigenvalue weighted by atomic mass is 19.4. The number of nitrogens with one attached hydrogen (secondary N) is 3. The first-order valence-corrected chi connectivity index (χ1v) is 6.00. The second-order valence-electron chi connectivity index (χ2n) is 4.15. The summed E-state index contributed by atoms with van der Waals surface area (Å²) in [6.45, 7) is 0. The Kier molecular flexibility index (Phi) is 4.32. The third-order valence-corrected chi connectivity index (χ3v) is 2.46. The minimum Gasteiger partial charge on any atom is -0.356 e. The van der Waals surface area contributed by atoms with Crippen molar-refractivity contribution in [1.82, 2.24) is 5.32 Å². The first-order valence-electron chi connectivity index (χ1n) is 6.00.